The minimum atomic E-state index is -0.693. The second-order valence-electron chi connectivity index (χ2n) is 5.49. The highest BCUT2D eigenvalue weighted by Crippen LogP contribution is 2.37. The Morgan fingerprint density at radius 3 is 2.67 bits per heavy atom. The van der Waals surface area contributed by atoms with Crippen molar-refractivity contribution in [1.29, 1.82) is 0 Å². The molecule has 128 valence electrons. The monoisotopic (exact) mass is 411 g/mol. The Morgan fingerprint density at radius 2 is 2.08 bits per heavy atom. The van der Waals surface area contributed by atoms with E-state index >= 15 is 0 Å². The molecule has 0 aliphatic rings. The third-order valence-corrected chi connectivity index (χ3v) is 4.37. The van der Waals surface area contributed by atoms with Crippen LogP contribution >= 0.6 is 27.3 Å². The molecule has 0 aliphatic heterocycles. The number of anilines is 2. The molecule has 0 aliphatic carbocycles. The lowest BCUT2D eigenvalue weighted by Crippen LogP contribution is -2.30. The number of carbonyl (C=O) groups excluding carboxylic acids is 2. The van der Waals surface area contributed by atoms with Crippen molar-refractivity contribution in [2.45, 2.75) is 20.3 Å². The number of para-hydroxylation sites is 2. The van der Waals surface area contributed by atoms with Gasteiger partial charge < -0.3 is 10.5 Å². The van der Waals surface area contributed by atoms with E-state index < -0.39 is 18.2 Å². The first kappa shape index (κ1) is 18.4. The van der Waals surface area contributed by atoms with Crippen molar-refractivity contribution in [3.63, 3.8) is 0 Å². The van der Waals surface area contributed by atoms with Crippen LogP contribution in [0.5, 0.6) is 5.75 Å². The van der Waals surface area contributed by atoms with Gasteiger partial charge in [-0.15, -0.1) is 0 Å². The summed E-state index contributed by atoms with van der Waals surface area (Å²) in [5, 5.41) is 0.439. The van der Waals surface area contributed by atoms with Crippen LogP contribution in [0.4, 0.5) is 10.8 Å². The number of hydrogen-bond acceptors (Lipinski definition) is 5. The molecule has 0 unspecified atom stereocenters. The van der Waals surface area contributed by atoms with Gasteiger partial charge in [0.25, 0.3) is 0 Å². The topological polar surface area (TPSA) is 85.5 Å². The molecule has 8 heteroatoms. The molecule has 0 bridgehead atoms. The summed E-state index contributed by atoms with van der Waals surface area (Å²) in [6.45, 7) is 4.59. The van der Waals surface area contributed by atoms with Gasteiger partial charge in [0.05, 0.1) is 22.3 Å². The summed E-state index contributed by atoms with van der Waals surface area (Å²) in [5.41, 5.74) is 5.72. The molecular weight excluding hydrogens is 394 g/mol. The van der Waals surface area contributed by atoms with Gasteiger partial charge in [-0.1, -0.05) is 37.3 Å². The predicted octanol–water partition coefficient (Wildman–Crippen LogP) is 3.48. The molecule has 0 saturated carbocycles. The number of carbonyl (C=O) groups is 2. The van der Waals surface area contributed by atoms with Crippen LogP contribution in [-0.2, 0) is 9.59 Å². The van der Waals surface area contributed by atoms with E-state index in [0.29, 0.717) is 29.1 Å². The maximum atomic E-state index is 12.6. The third kappa shape index (κ3) is 4.78. The summed E-state index contributed by atoms with van der Waals surface area (Å²) in [4.78, 5) is 29.4. The van der Waals surface area contributed by atoms with Gasteiger partial charge in [0.1, 0.15) is 12.2 Å². The summed E-state index contributed by atoms with van der Waals surface area (Å²) in [6.07, 6.45) is 1.19. The summed E-state index contributed by atoms with van der Waals surface area (Å²) in [5.74, 6) is -0.261. The zero-order valence-corrected chi connectivity index (χ0v) is 15.8. The van der Waals surface area contributed by atoms with Crippen molar-refractivity contribution in [3.8, 4) is 5.75 Å². The summed E-state index contributed by atoms with van der Waals surface area (Å²) < 4.78 is 6.59. The minimum absolute atomic E-state index is 0.335. The van der Waals surface area contributed by atoms with Gasteiger partial charge >= 0.3 is 0 Å². The molecule has 1 heterocycles. The maximum absolute atomic E-state index is 12.6. The molecule has 24 heavy (non-hydrogen) atoms. The minimum Gasteiger partial charge on any atom is -0.491 e. The van der Waals surface area contributed by atoms with Crippen molar-refractivity contribution in [1.82, 2.24) is 4.98 Å². The van der Waals surface area contributed by atoms with E-state index in [2.05, 4.69) is 20.9 Å². The van der Waals surface area contributed by atoms with Crippen molar-refractivity contribution in [3.05, 3.63) is 34.2 Å². The summed E-state index contributed by atoms with van der Waals surface area (Å²) in [7, 11) is 0. The molecule has 1 aromatic carbocycles. The van der Waals surface area contributed by atoms with Gasteiger partial charge in [-0.05, 0) is 34.0 Å². The standard InChI is InChI=1S/C16H18BrN3O3S/c1-10(2)9-23-12-6-4-3-5-11(12)20(15(22)7-14(18)21)16-19-8-13(17)24-16/h3-6,8,10H,7,9H2,1-2H3,(H2,18,21). The number of amides is 2. The highest BCUT2D eigenvalue weighted by Gasteiger charge is 2.25. The fraction of sp³-hybridized carbons (Fsp3) is 0.312. The van der Waals surface area contributed by atoms with E-state index in [1.54, 1.807) is 24.4 Å². The Kier molecular flexibility index (Phi) is 6.33. The predicted molar refractivity (Wildman–Crippen MR) is 97.5 cm³/mol. The van der Waals surface area contributed by atoms with Crippen LogP contribution in [0, 0.1) is 5.92 Å². The van der Waals surface area contributed by atoms with Crippen LogP contribution in [0.2, 0.25) is 0 Å². The quantitative estimate of drug-likeness (QED) is 0.706. The lowest BCUT2D eigenvalue weighted by Gasteiger charge is -2.22. The lowest BCUT2D eigenvalue weighted by atomic mass is 10.2. The first-order valence-corrected chi connectivity index (χ1v) is 8.94. The van der Waals surface area contributed by atoms with E-state index in [-0.39, 0.29) is 0 Å². The van der Waals surface area contributed by atoms with Crippen molar-refractivity contribution < 1.29 is 14.3 Å². The smallest absolute Gasteiger partial charge is 0.242 e. The van der Waals surface area contributed by atoms with Crippen LogP contribution in [0.3, 0.4) is 0 Å². The zero-order chi connectivity index (χ0) is 17.7. The SMILES string of the molecule is CC(C)COc1ccccc1N(C(=O)CC(N)=O)c1ncc(Br)s1. The zero-order valence-electron chi connectivity index (χ0n) is 13.4. The number of nitrogens with two attached hydrogens (primary N) is 1. The number of ether oxygens (including phenoxy) is 1. The van der Waals surface area contributed by atoms with E-state index in [9.17, 15) is 9.59 Å². The van der Waals surface area contributed by atoms with E-state index in [1.807, 2.05) is 19.9 Å². The second-order valence-corrected chi connectivity index (χ2v) is 7.88. The highest BCUT2D eigenvalue weighted by atomic mass is 79.9. The first-order valence-electron chi connectivity index (χ1n) is 7.33. The molecule has 0 spiro atoms. The van der Waals surface area contributed by atoms with Crippen LogP contribution in [0.25, 0.3) is 0 Å². The summed E-state index contributed by atoms with van der Waals surface area (Å²) in [6, 6.07) is 7.16. The molecular formula is C16H18BrN3O3S. The Bertz CT molecular complexity index is 733. The van der Waals surface area contributed by atoms with Crippen molar-refractivity contribution in [2.75, 3.05) is 11.5 Å². The second kappa shape index (κ2) is 8.25. The number of rotatable bonds is 7. The number of hydrogen-bond donors (Lipinski definition) is 1. The average Bonchev–Trinajstić information content (AvgIpc) is 2.92. The first-order chi connectivity index (χ1) is 11.4. The van der Waals surface area contributed by atoms with Crippen molar-refractivity contribution in [2.24, 2.45) is 11.7 Å². The molecule has 2 rings (SSSR count). The number of thiazole rings is 1. The van der Waals surface area contributed by atoms with E-state index in [0.717, 1.165) is 3.79 Å². The van der Waals surface area contributed by atoms with Crippen LogP contribution < -0.4 is 15.4 Å². The van der Waals surface area contributed by atoms with Crippen LogP contribution in [0.15, 0.2) is 34.2 Å². The Hall–Kier alpha value is -1.93. The van der Waals surface area contributed by atoms with Crippen molar-refractivity contribution >= 4 is 49.9 Å². The number of benzene rings is 1. The van der Waals surface area contributed by atoms with E-state index in [4.69, 9.17) is 10.5 Å². The molecule has 0 atom stereocenters. The third-order valence-electron chi connectivity index (χ3n) is 2.91. The molecule has 2 aromatic rings. The Balaban J connectivity index is 2.43. The number of aromatic nitrogens is 1. The van der Waals surface area contributed by atoms with Crippen LogP contribution in [-0.4, -0.2) is 23.4 Å². The Morgan fingerprint density at radius 1 is 1.38 bits per heavy atom. The molecule has 0 saturated heterocycles. The highest BCUT2D eigenvalue weighted by molar-refractivity contribution is 9.11. The largest absolute Gasteiger partial charge is 0.491 e. The molecule has 1 aromatic heterocycles. The lowest BCUT2D eigenvalue weighted by molar-refractivity contribution is -0.125. The van der Waals surface area contributed by atoms with Gasteiger partial charge in [0.15, 0.2) is 5.13 Å². The average molecular weight is 412 g/mol. The number of halogens is 1. The fourth-order valence-electron chi connectivity index (χ4n) is 1.94. The normalized spacial score (nSPS) is 10.7. The molecule has 2 N–H and O–H groups in total. The van der Waals surface area contributed by atoms with Gasteiger partial charge in [-0.3, -0.25) is 14.5 Å². The molecule has 6 nitrogen and oxygen atoms in total. The van der Waals surface area contributed by atoms with E-state index in [1.165, 1.54) is 16.2 Å². The van der Waals surface area contributed by atoms with Crippen LogP contribution in [0.1, 0.15) is 20.3 Å². The summed E-state index contributed by atoms with van der Waals surface area (Å²) >= 11 is 4.62. The van der Waals surface area contributed by atoms with Gasteiger partial charge in [-0.2, -0.15) is 0 Å². The molecule has 0 radical (unpaired) electrons. The van der Waals surface area contributed by atoms with Gasteiger partial charge in [0, 0.05) is 0 Å². The fourth-order valence-corrected chi connectivity index (χ4v) is 3.16. The molecule has 2 amide bonds. The number of primary amides is 1. The van der Waals surface area contributed by atoms with Gasteiger partial charge in [-0.25, -0.2) is 4.98 Å². The molecule has 0 fully saturated rings. The number of nitrogens with zero attached hydrogens (tertiary/aromatic N) is 2. The maximum Gasteiger partial charge on any atom is 0.242 e. The van der Waals surface area contributed by atoms with Gasteiger partial charge in [0.2, 0.25) is 11.8 Å². The Labute approximate surface area is 152 Å².